The summed E-state index contributed by atoms with van der Waals surface area (Å²) < 4.78 is 0. The number of nitrogens with zero attached hydrogens (tertiary/aromatic N) is 1. The maximum absolute atomic E-state index is 10.4. The van der Waals surface area contributed by atoms with Crippen molar-refractivity contribution in [1.82, 2.24) is 4.98 Å². The average Bonchev–Trinajstić information content (AvgIpc) is 2.60. The lowest BCUT2D eigenvalue weighted by Gasteiger charge is -2.04. The van der Waals surface area contributed by atoms with Gasteiger partial charge in [-0.3, -0.25) is 4.98 Å². The molecule has 0 fully saturated rings. The second kappa shape index (κ2) is 3.85. The van der Waals surface area contributed by atoms with Crippen LogP contribution in [0.3, 0.4) is 0 Å². The SMILES string of the molecule is Cc1nc2c(cc1/C=C/C(=O)O)CCC2. The molecule has 78 valence electrons. The molecule has 1 heterocycles. The van der Waals surface area contributed by atoms with E-state index in [0.717, 1.165) is 36.6 Å². The predicted octanol–water partition coefficient (Wildman–Crippen LogP) is 1.98. The van der Waals surface area contributed by atoms with Gasteiger partial charge in [-0.05, 0) is 49.5 Å². The van der Waals surface area contributed by atoms with Crippen LogP contribution in [-0.2, 0) is 17.6 Å². The van der Waals surface area contributed by atoms with Gasteiger partial charge in [0.25, 0.3) is 0 Å². The molecule has 1 aliphatic carbocycles. The number of hydrogen-bond acceptors (Lipinski definition) is 2. The first-order chi connectivity index (χ1) is 7.16. The molecule has 0 saturated heterocycles. The van der Waals surface area contributed by atoms with Gasteiger partial charge >= 0.3 is 5.97 Å². The number of pyridine rings is 1. The normalized spacial score (nSPS) is 14.5. The molecule has 0 radical (unpaired) electrons. The van der Waals surface area contributed by atoms with Crippen molar-refractivity contribution >= 4 is 12.0 Å². The van der Waals surface area contributed by atoms with Crippen molar-refractivity contribution in [3.8, 4) is 0 Å². The highest BCUT2D eigenvalue weighted by atomic mass is 16.4. The zero-order valence-corrected chi connectivity index (χ0v) is 8.66. The van der Waals surface area contributed by atoms with Crippen molar-refractivity contribution in [2.75, 3.05) is 0 Å². The molecule has 0 bridgehead atoms. The second-order valence-corrected chi connectivity index (χ2v) is 3.79. The fraction of sp³-hybridized carbons (Fsp3) is 0.333. The van der Waals surface area contributed by atoms with Crippen molar-refractivity contribution < 1.29 is 9.90 Å². The Morgan fingerprint density at radius 1 is 1.53 bits per heavy atom. The summed E-state index contributed by atoms with van der Waals surface area (Å²) in [5.74, 6) is -0.921. The van der Waals surface area contributed by atoms with E-state index < -0.39 is 5.97 Å². The molecule has 15 heavy (non-hydrogen) atoms. The lowest BCUT2D eigenvalue weighted by atomic mass is 10.1. The van der Waals surface area contributed by atoms with Crippen LogP contribution in [0.1, 0.15) is 28.9 Å². The molecule has 3 heteroatoms. The average molecular weight is 203 g/mol. The Hall–Kier alpha value is -1.64. The van der Waals surface area contributed by atoms with E-state index in [-0.39, 0.29) is 0 Å². The molecular formula is C12H13NO2. The third-order valence-electron chi connectivity index (χ3n) is 2.69. The van der Waals surface area contributed by atoms with Gasteiger partial charge in [-0.1, -0.05) is 0 Å². The molecular weight excluding hydrogens is 190 g/mol. The molecule has 0 spiro atoms. The third kappa shape index (κ3) is 2.06. The minimum Gasteiger partial charge on any atom is -0.478 e. The van der Waals surface area contributed by atoms with Crippen molar-refractivity contribution in [2.45, 2.75) is 26.2 Å². The van der Waals surface area contributed by atoms with Crippen molar-refractivity contribution in [2.24, 2.45) is 0 Å². The summed E-state index contributed by atoms with van der Waals surface area (Å²) in [4.78, 5) is 14.9. The fourth-order valence-corrected chi connectivity index (χ4v) is 1.92. The highest BCUT2D eigenvalue weighted by Gasteiger charge is 2.13. The minimum absolute atomic E-state index is 0.910. The Kier molecular flexibility index (Phi) is 2.54. The summed E-state index contributed by atoms with van der Waals surface area (Å²) in [5.41, 5.74) is 4.27. The quantitative estimate of drug-likeness (QED) is 0.748. The van der Waals surface area contributed by atoms with Crippen LogP contribution in [0.25, 0.3) is 6.08 Å². The largest absolute Gasteiger partial charge is 0.478 e. The molecule has 1 aromatic rings. The van der Waals surface area contributed by atoms with Crippen LogP contribution >= 0.6 is 0 Å². The lowest BCUT2D eigenvalue weighted by Crippen LogP contribution is -1.95. The lowest BCUT2D eigenvalue weighted by molar-refractivity contribution is -0.131. The Labute approximate surface area is 88.5 Å². The zero-order chi connectivity index (χ0) is 10.8. The minimum atomic E-state index is -0.921. The summed E-state index contributed by atoms with van der Waals surface area (Å²) in [6.45, 7) is 1.92. The van der Waals surface area contributed by atoms with Crippen LogP contribution in [0.4, 0.5) is 0 Å². The number of aliphatic carboxylic acids is 1. The first kappa shape index (κ1) is 9.90. The van der Waals surface area contributed by atoms with E-state index in [1.54, 1.807) is 6.08 Å². The van der Waals surface area contributed by atoms with Crippen LogP contribution in [-0.4, -0.2) is 16.1 Å². The predicted molar refractivity (Wildman–Crippen MR) is 57.7 cm³/mol. The molecule has 0 amide bonds. The Bertz CT molecular complexity index is 435. The highest BCUT2D eigenvalue weighted by Crippen LogP contribution is 2.23. The van der Waals surface area contributed by atoms with Crippen LogP contribution in [0.5, 0.6) is 0 Å². The van der Waals surface area contributed by atoms with Crippen molar-refractivity contribution in [3.63, 3.8) is 0 Å². The summed E-state index contributed by atoms with van der Waals surface area (Å²) in [6, 6.07) is 2.06. The summed E-state index contributed by atoms with van der Waals surface area (Å²) in [6.07, 6.45) is 6.05. The molecule has 0 atom stereocenters. The number of aryl methyl sites for hydroxylation is 3. The molecule has 0 aromatic carbocycles. The highest BCUT2D eigenvalue weighted by molar-refractivity contribution is 5.85. The van der Waals surface area contributed by atoms with Gasteiger partial charge in [0, 0.05) is 17.5 Å². The number of fused-ring (bicyclic) bond motifs is 1. The maximum atomic E-state index is 10.4. The van der Waals surface area contributed by atoms with Crippen molar-refractivity contribution in [1.29, 1.82) is 0 Å². The van der Waals surface area contributed by atoms with Gasteiger partial charge in [0.1, 0.15) is 0 Å². The molecule has 0 saturated carbocycles. The summed E-state index contributed by atoms with van der Waals surface area (Å²) >= 11 is 0. The zero-order valence-electron chi connectivity index (χ0n) is 8.66. The summed E-state index contributed by atoms with van der Waals surface area (Å²) in [7, 11) is 0. The molecule has 2 rings (SSSR count). The van der Waals surface area contributed by atoms with Gasteiger partial charge in [-0.25, -0.2) is 4.79 Å². The molecule has 1 aliphatic rings. The smallest absolute Gasteiger partial charge is 0.328 e. The van der Waals surface area contributed by atoms with E-state index in [4.69, 9.17) is 5.11 Å². The van der Waals surface area contributed by atoms with E-state index in [0.29, 0.717) is 0 Å². The van der Waals surface area contributed by atoms with Gasteiger partial charge in [0.05, 0.1) is 0 Å². The summed E-state index contributed by atoms with van der Waals surface area (Å²) in [5, 5.41) is 8.55. The van der Waals surface area contributed by atoms with Crippen LogP contribution in [0, 0.1) is 6.92 Å². The number of rotatable bonds is 2. The van der Waals surface area contributed by atoms with E-state index in [1.165, 1.54) is 11.3 Å². The van der Waals surface area contributed by atoms with E-state index in [2.05, 4.69) is 11.1 Å². The monoisotopic (exact) mass is 203 g/mol. The van der Waals surface area contributed by atoms with Gasteiger partial charge < -0.3 is 5.11 Å². The van der Waals surface area contributed by atoms with Crippen molar-refractivity contribution in [3.05, 3.63) is 34.7 Å². The van der Waals surface area contributed by atoms with Crippen LogP contribution in [0.15, 0.2) is 12.1 Å². The Morgan fingerprint density at radius 2 is 2.33 bits per heavy atom. The molecule has 1 N–H and O–H groups in total. The standard InChI is InChI=1S/C12H13NO2/c1-8-9(5-6-12(14)15)7-10-3-2-4-11(10)13-8/h5-7H,2-4H2,1H3,(H,14,15)/b6-5+. The van der Waals surface area contributed by atoms with E-state index in [1.807, 2.05) is 6.92 Å². The van der Waals surface area contributed by atoms with Gasteiger partial charge in [-0.15, -0.1) is 0 Å². The van der Waals surface area contributed by atoms with Gasteiger partial charge in [0.15, 0.2) is 0 Å². The second-order valence-electron chi connectivity index (χ2n) is 3.79. The van der Waals surface area contributed by atoms with Gasteiger partial charge in [0.2, 0.25) is 0 Å². The first-order valence-corrected chi connectivity index (χ1v) is 5.07. The fourth-order valence-electron chi connectivity index (χ4n) is 1.92. The van der Waals surface area contributed by atoms with Crippen LogP contribution < -0.4 is 0 Å². The first-order valence-electron chi connectivity index (χ1n) is 5.07. The van der Waals surface area contributed by atoms with E-state index in [9.17, 15) is 4.79 Å². The number of carboxylic acid groups (broad SMARTS) is 1. The Morgan fingerprint density at radius 3 is 3.07 bits per heavy atom. The third-order valence-corrected chi connectivity index (χ3v) is 2.69. The topological polar surface area (TPSA) is 50.2 Å². The van der Waals surface area contributed by atoms with E-state index >= 15 is 0 Å². The molecule has 1 aromatic heterocycles. The number of aromatic nitrogens is 1. The number of carboxylic acids is 1. The molecule has 3 nitrogen and oxygen atoms in total. The molecule has 0 aliphatic heterocycles. The van der Waals surface area contributed by atoms with Crippen LogP contribution in [0.2, 0.25) is 0 Å². The van der Waals surface area contributed by atoms with Gasteiger partial charge in [-0.2, -0.15) is 0 Å². The Balaban J connectivity index is 2.36. The maximum Gasteiger partial charge on any atom is 0.328 e. The number of carbonyl (C=O) groups is 1. The molecule has 0 unspecified atom stereocenters. The number of hydrogen-bond donors (Lipinski definition) is 1.